The van der Waals surface area contributed by atoms with Gasteiger partial charge in [0.2, 0.25) is 0 Å². The van der Waals surface area contributed by atoms with Crippen molar-refractivity contribution in [3.05, 3.63) is 11.6 Å². The molecule has 1 heterocycles. The highest BCUT2D eigenvalue weighted by atomic mass is 19.4. The Bertz CT molecular complexity index is 445. The topological polar surface area (TPSA) is 50.9 Å². The number of hydrogen-bond donors (Lipinski definition) is 1. The van der Waals surface area contributed by atoms with E-state index in [2.05, 4.69) is 10.2 Å². The standard InChI is InChI=1S/C13H20F3N3O/c1-2-6-19-11(8-20)17-18-12(19)9-4-3-5-10(7-9)13(14,15)16/h9-10,20H,2-8H2,1H3. The molecule has 1 aliphatic rings. The molecule has 1 fully saturated rings. The first-order chi connectivity index (χ1) is 9.47. The monoisotopic (exact) mass is 291 g/mol. The fourth-order valence-electron chi connectivity index (χ4n) is 2.96. The Hall–Kier alpha value is -1.11. The van der Waals surface area contributed by atoms with Crippen molar-refractivity contribution in [2.24, 2.45) is 5.92 Å². The van der Waals surface area contributed by atoms with Gasteiger partial charge in [-0.1, -0.05) is 13.3 Å². The van der Waals surface area contributed by atoms with Crippen molar-refractivity contribution in [3.8, 4) is 0 Å². The third kappa shape index (κ3) is 3.13. The summed E-state index contributed by atoms with van der Waals surface area (Å²) in [6.45, 7) is 2.37. The Morgan fingerprint density at radius 1 is 1.30 bits per heavy atom. The van der Waals surface area contributed by atoms with Gasteiger partial charge in [0, 0.05) is 12.5 Å². The number of alkyl halides is 3. The fraction of sp³-hybridized carbons (Fsp3) is 0.846. The first-order valence-corrected chi connectivity index (χ1v) is 7.06. The van der Waals surface area contributed by atoms with E-state index in [0.717, 1.165) is 6.42 Å². The molecule has 1 N–H and O–H groups in total. The summed E-state index contributed by atoms with van der Waals surface area (Å²) in [6.07, 6.45) is -1.75. The van der Waals surface area contributed by atoms with Gasteiger partial charge < -0.3 is 9.67 Å². The largest absolute Gasteiger partial charge is 0.391 e. The quantitative estimate of drug-likeness (QED) is 0.927. The van der Waals surface area contributed by atoms with Gasteiger partial charge in [0.1, 0.15) is 12.4 Å². The average molecular weight is 291 g/mol. The maximum absolute atomic E-state index is 12.9. The second-order valence-electron chi connectivity index (χ2n) is 5.39. The van der Waals surface area contributed by atoms with E-state index in [0.29, 0.717) is 31.0 Å². The third-order valence-electron chi connectivity index (χ3n) is 3.95. The van der Waals surface area contributed by atoms with Crippen molar-refractivity contribution in [1.82, 2.24) is 14.8 Å². The van der Waals surface area contributed by atoms with E-state index >= 15 is 0 Å². The van der Waals surface area contributed by atoms with E-state index in [1.54, 1.807) is 4.57 Å². The molecule has 7 heteroatoms. The van der Waals surface area contributed by atoms with Crippen molar-refractivity contribution in [2.75, 3.05) is 0 Å². The molecule has 1 aromatic heterocycles. The fourth-order valence-corrected chi connectivity index (χ4v) is 2.96. The van der Waals surface area contributed by atoms with Crippen LogP contribution in [-0.2, 0) is 13.2 Å². The van der Waals surface area contributed by atoms with Crippen molar-refractivity contribution in [3.63, 3.8) is 0 Å². The van der Waals surface area contributed by atoms with Gasteiger partial charge in [0.25, 0.3) is 0 Å². The van der Waals surface area contributed by atoms with Crippen LogP contribution in [0.15, 0.2) is 0 Å². The highest BCUT2D eigenvalue weighted by Crippen LogP contribution is 2.43. The van der Waals surface area contributed by atoms with Gasteiger partial charge in [0.05, 0.1) is 5.92 Å². The van der Waals surface area contributed by atoms with E-state index in [1.165, 1.54) is 0 Å². The second kappa shape index (κ2) is 6.11. The van der Waals surface area contributed by atoms with Crippen LogP contribution in [0.4, 0.5) is 13.2 Å². The third-order valence-corrected chi connectivity index (χ3v) is 3.95. The molecular weight excluding hydrogens is 271 g/mol. The molecule has 114 valence electrons. The van der Waals surface area contributed by atoms with Crippen LogP contribution in [0.3, 0.4) is 0 Å². The van der Waals surface area contributed by atoms with Crippen LogP contribution in [0, 0.1) is 5.92 Å². The van der Waals surface area contributed by atoms with Crippen molar-refractivity contribution < 1.29 is 18.3 Å². The molecule has 0 aromatic carbocycles. The molecule has 0 spiro atoms. The Balaban J connectivity index is 2.20. The molecule has 0 bridgehead atoms. The van der Waals surface area contributed by atoms with Gasteiger partial charge in [0.15, 0.2) is 5.82 Å². The number of halogens is 3. The molecule has 0 amide bonds. The summed E-state index contributed by atoms with van der Waals surface area (Å²) < 4.78 is 40.4. The lowest BCUT2D eigenvalue weighted by Gasteiger charge is -2.30. The first kappa shape index (κ1) is 15.3. The van der Waals surface area contributed by atoms with Gasteiger partial charge in [-0.05, 0) is 25.7 Å². The summed E-state index contributed by atoms with van der Waals surface area (Å²) in [6, 6.07) is 0. The summed E-state index contributed by atoms with van der Waals surface area (Å²) >= 11 is 0. The minimum Gasteiger partial charge on any atom is -0.388 e. The summed E-state index contributed by atoms with van der Waals surface area (Å²) in [5, 5.41) is 17.2. The maximum Gasteiger partial charge on any atom is 0.391 e. The van der Waals surface area contributed by atoms with Crippen molar-refractivity contribution in [2.45, 2.75) is 64.3 Å². The molecular formula is C13H20F3N3O. The smallest absolute Gasteiger partial charge is 0.388 e. The van der Waals surface area contributed by atoms with Gasteiger partial charge in [-0.3, -0.25) is 0 Å². The summed E-state index contributed by atoms with van der Waals surface area (Å²) in [7, 11) is 0. The van der Waals surface area contributed by atoms with Crippen LogP contribution >= 0.6 is 0 Å². The lowest BCUT2D eigenvalue weighted by Crippen LogP contribution is -2.29. The van der Waals surface area contributed by atoms with E-state index in [-0.39, 0.29) is 25.4 Å². The Morgan fingerprint density at radius 3 is 2.65 bits per heavy atom. The molecule has 2 unspecified atom stereocenters. The minimum atomic E-state index is -4.13. The second-order valence-corrected chi connectivity index (χ2v) is 5.39. The first-order valence-electron chi connectivity index (χ1n) is 7.06. The van der Waals surface area contributed by atoms with Crippen LogP contribution in [0.2, 0.25) is 0 Å². The number of hydrogen-bond acceptors (Lipinski definition) is 3. The number of aromatic nitrogens is 3. The highest BCUT2D eigenvalue weighted by Gasteiger charge is 2.43. The van der Waals surface area contributed by atoms with Crippen LogP contribution in [0.25, 0.3) is 0 Å². The van der Waals surface area contributed by atoms with E-state index in [4.69, 9.17) is 0 Å². The predicted octanol–water partition coefficient (Wildman–Crippen LogP) is 3.02. The zero-order valence-corrected chi connectivity index (χ0v) is 11.5. The maximum atomic E-state index is 12.9. The zero-order valence-electron chi connectivity index (χ0n) is 11.5. The van der Waals surface area contributed by atoms with Crippen molar-refractivity contribution in [1.29, 1.82) is 0 Å². The molecule has 1 aliphatic carbocycles. The summed E-state index contributed by atoms with van der Waals surface area (Å²) in [5.41, 5.74) is 0. The molecule has 1 aromatic rings. The molecule has 2 rings (SSSR count). The lowest BCUT2D eigenvalue weighted by molar-refractivity contribution is -0.183. The molecule has 20 heavy (non-hydrogen) atoms. The minimum absolute atomic E-state index is 0.0801. The number of nitrogens with zero attached hydrogens (tertiary/aromatic N) is 3. The number of aliphatic hydroxyl groups excluding tert-OH is 1. The highest BCUT2D eigenvalue weighted by molar-refractivity contribution is 5.04. The normalized spacial score (nSPS) is 24.1. The number of aliphatic hydroxyl groups is 1. The molecule has 0 aliphatic heterocycles. The molecule has 0 radical (unpaired) electrons. The number of rotatable bonds is 4. The van der Waals surface area contributed by atoms with Crippen LogP contribution in [0.5, 0.6) is 0 Å². The average Bonchev–Trinajstić information content (AvgIpc) is 2.81. The Labute approximate surface area is 116 Å². The Kier molecular flexibility index (Phi) is 4.67. The summed E-state index contributed by atoms with van der Waals surface area (Å²) in [4.78, 5) is 0. The van der Waals surface area contributed by atoms with E-state index in [9.17, 15) is 18.3 Å². The van der Waals surface area contributed by atoms with E-state index in [1.807, 2.05) is 6.92 Å². The molecule has 0 saturated heterocycles. The molecule has 2 atom stereocenters. The van der Waals surface area contributed by atoms with Crippen molar-refractivity contribution >= 4 is 0 Å². The molecule has 1 saturated carbocycles. The van der Waals surface area contributed by atoms with Gasteiger partial charge in [-0.2, -0.15) is 13.2 Å². The lowest BCUT2D eigenvalue weighted by atomic mass is 9.80. The van der Waals surface area contributed by atoms with Gasteiger partial charge in [-0.25, -0.2) is 0 Å². The van der Waals surface area contributed by atoms with Crippen LogP contribution in [-0.4, -0.2) is 26.0 Å². The summed E-state index contributed by atoms with van der Waals surface area (Å²) in [5.74, 6) is -0.416. The van der Waals surface area contributed by atoms with E-state index < -0.39 is 12.1 Å². The van der Waals surface area contributed by atoms with Gasteiger partial charge >= 0.3 is 6.18 Å². The van der Waals surface area contributed by atoms with Gasteiger partial charge in [-0.15, -0.1) is 10.2 Å². The molecule has 4 nitrogen and oxygen atoms in total. The SMILES string of the molecule is CCCn1c(CO)nnc1C1CCCC(C(F)(F)F)C1. The van der Waals surface area contributed by atoms with Crippen LogP contribution in [0.1, 0.15) is 56.6 Å². The predicted molar refractivity (Wildman–Crippen MR) is 67.0 cm³/mol. The zero-order chi connectivity index (χ0) is 14.8. The Morgan fingerprint density at radius 2 is 2.05 bits per heavy atom. The van der Waals surface area contributed by atoms with Crippen LogP contribution < -0.4 is 0 Å².